The van der Waals surface area contributed by atoms with Gasteiger partial charge in [-0.05, 0) is 24.3 Å². The second kappa shape index (κ2) is 6.19. The van der Waals surface area contributed by atoms with E-state index in [2.05, 4.69) is 0 Å². The van der Waals surface area contributed by atoms with Crippen molar-refractivity contribution in [3.05, 3.63) is 29.8 Å². The lowest BCUT2D eigenvalue weighted by molar-refractivity contribution is -0.143. The molecule has 6 nitrogen and oxygen atoms in total. The molecule has 1 aliphatic rings. The number of morpholine rings is 1. The molecule has 0 bridgehead atoms. The van der Waals surface area contributed by atoms with Crippen molar-refractivity contribution < 1.29 is 24.2 Å². The highest BCUT2D eigenvalue weighted by Gasteiger charge is 2.17. The molecule has 0 spiro atoms. The highest BCUT2D eigenvalue weighted by molar-refractivity contribution is 5.87. The number of carboxylic acid groups (broad SMARTS) is 1. The van der Waals surface area contributed by atoms with E-state index in [1.807, 2.05) is 0 Å². The highest BCUT2D eigenvalue weighted by Crippen LogP contribution is 2.12. The van der Waals surface area contributed by atoms with Crippen molar-refractivity contribution >= 4 is 11.9 Å². The third-order valence-electron chi connectivity index (χ3n) is 2.81. The minimum atomic E-state index is -0.967. The zero-order chi connectivity index (χ0) is 13.7. The first-order chi connectivity index (χ1) is 9.16. The summed E-state index contributed by atoms with van der Waals surface area (Å²) in [6.45, 7) is 2.15. The molecular weight excluding hydrogens is 250 g/mol. The van der Waals surface area contributed by atoms with Gasteiger partial charge in [-0.2, -0.15) is 0 Å². The number of amides is 1. The molecule has 1 aliphatic heterocycles. The van der Waals surface area contributed by atoms with E-state index in [-0.39, 0.29) is 18.1 Å². The van der Waals surface area contributed by atoms with E-state index in [1.165, 1.54) is 12.1 Å². The lowest BCUT2D eigenvalue weighted by Crippen LogP contribution is -2.43. The van der Waals surface area contributed by atoms with E-state index in [9.17, 15) is 9.59 Å². The van der Waals surface area contributed by atoms with E-state index in [0.29, 0.717) is 32.1 Å². The first kappa shape index (κ1) is 13.4. The van der Waals surface area contributed by atoms with Crippen LogP contribution < -0.4 is 4.74 Å². The van der Waals surface area contributed by atoms with Crippen molar-refractivity contribution in [3.8, 4) is 5.75 Å². The summed E-state index contributed by atoms with van der Waals surface area (Å²) in [4.78, 5) is 23.8. The summed E-state index contributed by atoms with van der Waals surface area (Å²) in [7, 11) is 0. The van der Waals surface area contributed by atoms with Gasteiger partial charge in [-0.25, -0.2) is 4.79 Å². The molecule has 0 radical (unpaired) electrons. The summed E-state index contributed by atoms with van der Waals surface area (Å²) in [5.41, 5.74) is 0.218. The smallest absolute Gasteiger partial charge is 0.335 e. The number of hydrogen-bond acceptors (Lipinski definition) is 4. The average molecular weight is 265 g/mol. The van der Waals surface area contributed by atoms with Gasteiger partial charge in [-0.3, -0.25) is 4.79 Å². The Balaban J connectivity index is 1.79. The molecule has 19 heavy (non-hydrogen) atoms. The summed E-state index contributed by atoms with van der Waals surface area (Å²) in [6, 6.07) is 6.17. The van der Waals surface area contributed by atoms with Gasteiger partial charge >= 0.3 is 5.97 Å². The van der Waals surface area contributed by atoms with Gasteiger partial charge in [0.05, 0.1) is 18.7 Å². The van der Waals surface area contributed by atoms with Crippen LogP contribution in [0.1, 0.15) is 10.4 Å². The monoisotopic (exact) mass is 265 g/mol. The number of aromatic carboxylic acids is 1. The lowest BCUT2D eigenvalue weighted by Gasteiger charge is -2.26. The van der Waals surface area contributed by atoms with Crippen LogP contribution in [0.4, 0.5) is 0 Å². The Labute approximate surface area is 110 Å². The van der Waals surface area contributed by atoms with Crippen LogP contribution in [0.3, 0.4) is 0 Å². The molecular formula is C13H15NO5. The number of rotatable bonds is 5. The maximum Gasteiger partial charge on any atom is 0.335 e. The quantitative estimate of drug-likeness (QED) is 0.844. The standard InChI is InChI=1S/C13H15NO5/c15-12-9-18-7-5-14(12)6-8-19-11-3-1-10(2-4-11)13(16)17/h1-4H,5-9H2,(H,16,17). The molecule has 1 aromatic rings. The third kappa shape index (κ3) is 3.69. The summed E-state index contributed by atoms with van der Waals surface area (Å²) in [5, 5.41) is 8.75. The molecule has 6 heteroatoms. The molecule has 0 saturated carbocycles. The zero-order valence-electron chi connectivity index (χ0n) is 10.4. The third-order valence-corrected chi connectivity index (χ3v) is 2.81. The highest BCUT2D eigenvalue weighted by atomic mass is 16.5. The largest absolute Gasteiger partial charge is 0.492 e. The number of carbonyl (C=O) groups is 2. The topological polar surface area (TPSA) is 76.1 Å². The minimum absolute atomic E-state index is 0.0314. The Kier molecular flexibility index (Phi) is 4.35. The van der Waals surface area contributed by atoms with Gasteiger partial charge in [0, 0.05) is 6.54 Å². The van der Waals surface area contributed by atoms with E-state index in [4.69, 9.17) is 14.6 Å². The molecule has 1 saturated heterocycles. The Morgan fingerprint density at radius 1 is 1.37 bits per heavy atom. The van der Waals surface area contributed by atoms with E-state index >= 15 is 0 Å². The average Bonchev–Trinajstić information content (AvgIpc) is 2.41. The predicted molar refractivity (Wildman–Crippen MR) is 66.3 cm³/mol. The van der Waals surface area contributed by atoms with Gasteiger partial charge in [0.25, 0.3) is 0 Å². The molecule has 0 unspecified atom stereocenters. The number of ether oxygens (including phenoxy) is 2. The van der Waals surface area contributed by atoms with Gasteiger partial charge < -0.3 is 19.5 Å². The maximum absolute atomic E-state index is 11.4. The first-order valence-corrected chi connectivity index (χ1v) is 5.98. The van der Waals surface area contributed by atoms with Gasteiger partial charge in [0.15, 0.2) is 0 Å². The number of hydrogen-bond donors (Lipinski definition) is 1. The Morgan fingerprint density at radius 3 is 2.74 bits per heavy atom. The molecule has 0 aromatic heterocycles. The van der Waals surface area contributed by atoms with Crippen molar-refractivity contribution in [1.82, 2.24) is 4.90 Å². The second-order valence-corrected chi connectivity index (χ2v) is 4.11. The second-order valence-electron chi connectivity index (χ2n) is 4.11. The Bertz CT molecular complexity index is 457. The van der Waals surface area contributed by atoms with Crippen molar-refractivity contribution in [1.29, 1.82) is 0 Å². The molecule has 0 atom stereocenters. The fraction of sp³-hybridized carbons (Fsp3) is 0.385. The zero-order valence-corrected chi connectivity index (χ0v) is 10.4. The van der Waals surface area contributed by atoms with E-state index in [1.54, 1.807) is 17.0 Å². The van der Waals surface area contributed by atoms with Crippen LogP contribution in [0.5, 0.6) is 5.75 Å². The van der Waals surface area contributed by atoms with Crippen LogP contribution in [-0.2, 0) is 9.53 Å². The van der Waals surface area contributed by atoms with Gasteiger partial charge in [-0.15, -0.1) is 0 Å². The molecule has 1 N–H and O–H groups in total. The number of carboxylic acids is 1. The molecule has 0 aliphatic carbocycles. The number of nitrogens with zero attached hydrogens (tertiary/aromatic N) is 1. The van der Waals surface area contributed by atoms with Crippen LogP contribution in [0.25, 0.3) is 0 Å². The maximum atomic E-state index is 11.4. The molecule has 1 heterocycles. The molecule has 1 aromatic carbocycles. The fourth-order valence-electron chi connectivity index (χ4n) is 1.75. The molecule has 1 fully saturated rings. The van der Waals surface area contributed by atoms with Crippen molar-refractivity contribution in [2.24, 2.45) is 0 Å². The minimum Gasteiger partial charge on any atom is -0.492 e. The number of benzene rings is 1. The summed E-state index contributed by atoms with van der Waals surface area (Å²) in [5.74, 6) is -0.410. The van der Waals surface area contributed by atoms with Crippen LogP contribution in [-0.4, -0.2) is 54.8 Å². The molecule has 1 amide bonds. The SMILES string of the molecule is O=C(O)c1ccc(OCCN2CCOCC2=O)cc1. The van der Waals surface area contributed by atoms with E-state index < -0.39 is 5.97 Å². The first-order valence-electron chi connectivity index (χ1n) is 5.98. The molecule has 2 rings (SSSR count). The van der Waals surface area contributed by atoms with E-state index in [0.717, 1.165) is 0 Å². The van der Waals surface area contributed by atoms with Gasteiger partial charge in [0.1, 0.15) is 19.0 Å². The van der Waals surface area contributed by atoms with Crippen LogP contribution in [0.2, 0.25) is 0 Å². The van der Waals surface area contributed by atoms with Gasteiger partial charge in [-0.1, -0.05) is 0 Å². The molecule has 102 valence electrons. The van der Waals surface area contributed by atoms with Crippen LogP contribution in [0, 0.1) is 0 Å². The van der Waals surface area contributed by atoms with Crippen LogP contribution in [0.15, 0.2) is 24.3 Å². The Hall–Kier alpha value is -2.08. The normalized spacial score (nSPS) is 15.4. The van der Waals surface area contributed by atoms with Crippen molar-refractivity contribution in [2.75, 3.05) is 32.9 Å². The summed E-state index contributed by atoms with van der Waals surface area (Å²) < 4.78 is 10.5. The lowest BCUT2D eigenvalue weighted by atomic mass is 10.2. The summed E-state index contributed by atoms with van der Waals surface area (Å²) >= 11 is 0. The number of carbonyl (C=O) groups excluding carboxylic acids is 1. The fourth-order valence-corrected chi connectivity index (χ4v) is 1.75. The van der Waals surface area contributed by atoms with Crippen LogP contribution >= 0.6 is 0 Å². The van der Waals surface area contributed by atoms with Crippen molar-refractivity contribution in [2.45, 2.75) is 0 Å². The van der Waals surface area contributed by atoms with Gasteiger partial charge in [0.2, 0.25) is 5.91 Å². The Morgan fingerprint density at radius 2 is 2.11 bits per heavy atom. The summed E-state index contributed by atoms with van der Waals surface area (Å²) in [6.07, 6.45) is 0. The predicted octanol–water partition coefficient (Wildman–Crippen LogP) is 0.622. The van der Waals surface area contributed by atoms with Crippen molar-refractivity contribution in [3.63, 3.8) is 0 Å².